The van der Waals surface area contributed by atoms with Crippen LogP contribution in [0.2, 0.25) is 0 Å². The Hall–Kier alpha value is -5.18. The first-order valence-electron chi connectivity index (χ1n) is 17.2. The van der Waals surface area contributed by atoms with Gasteiger partial charge >= 0.3 is 0 Å². The van der Waals surface area contributed by atoms with Crippen molar-refractivity contribution in [3.05, 3.63) is 107 Å². The summed E-state index contributed by atoms with van der Waals surface area (Å²) in [5, 5.41) is 7.90. The highest BCUT2D eigenvalue weighted by Gasteiger charge is 2.43. The number of ether oxygens (including phenoxy) is 2. The molecule has 1 unspecified atom stereocenters. The third-order valence-electron chi connectivity index (χ3n) is 10.1. The number of nitrogens with zero attached hydrogens (tertiary/aromatic N) is 4. The Morgan fingerprint density at radius 2 is 1.58 bits per heavy atom. The number of imide groups is 1. The van der Waals surface area contributed by atoms with E-state index in [-0.39, 0.29) is 35.1 Å². The van der Waals surface area contributed by atoms with Crippen molar-refractivity contribution in [1.82, 2.24) is 19.7 Å². The zero-order valence-corrected chi connectivity index (χ0v) is 30.6. The van der Waals surface area contributed by atoms with Gasteiger partial charge in [0.15, 0.2) is 16.5 Å². The Bertz CT molecular complexity index is 2080. The van der Waals surface area contributed by atoms with Gasteiger partial charge in [-0.25, -0.2) is 13.6 Å². The Balaban J connectivity index is 1.22. The van der Waals surface area contributed by atoms with Gasteiger partial charge in [0.25, 0.3) is 27.7 Å². The van der Waals surface area contributed by atoms with Gasteiger partial charge in [0, 0.05) is 45.8 Å². The molecule has 4 aromatic rings. The minimum atomic E-state index is -4.00. The van der Waals surface area contributed by atoms with Gasteiger partial charge in [-0.05, 0) is 67.3 Å². The van der Waals surface area contributed by atoms with Crippen molar-refractivity contribution in [2.45, 2.75) is 36.9 Å². The number of benzene rings is 3. The molecule has 3 aromatic carbocycles. The van der Waals surface area contributed by atoms with Gasteiger partial charge in [-0.2, -0.15) is 0 Å². The molecule has 0 bridgehead atoms. The molecule has 0 radical (unpaired) electrons. The zero-order valence-electron chi connectivity index (χ0n) is 29.7. The summed E-state index contributed by atoms with van der Waals surface area (Å²) in [4.78, 5) is 47.5. The standard InChI is InChI=1S/C38H44N6O7S/c1-25(26-10-6-5-7-11-26)42-20-22-43(23-21-42)30-13-8-12-28-35(30)38(47)44(37(28)46)29(27-15-17-32(50-3)33(24-27)51-4)14-9-19-40-36(45)31-16-18-34(41(31)2)52(39,48)49/h5-8,10-13,15-18,24-25,29H,9,14,19-23H2,1-4H3,(H,40,45)(H2,39,48,49)/t25?,29-/m1/s1. The molecule has 3 heterocycles. The Kier molecular flexibility index (Phi) is 10.7. The summed E-state index contributed by atoms with van der Waals surface area (Å²) in [6.45, 7) is 5.41. The number of piperazine rings is 1. The van der Waals surface area contributed by atoms with E-state index in [2.05, 4.69) is 34.2 Å². The summed E-state index contributed by atoms with van der Waals surface area (Å²) >= 11 is 0. The first kappa shape index (κ1) is 36.6. The lowest BCUT2D eigenvalue weighted by atomic mass is 9.99. The maximum Gasteiger partial charge on any atom is 0.267 e. The third kappa shape index (κ3) is 7.14. The predicted molar refractivity (Wildman–Crippen MR) is 196 cm³/mol. The van der Waals surface area contributed by atoms with Gasteiger partial charge < -0.3 is 24.3 Å². The van der Waals surface area contributed by atoms with Crippen LogP contribution in [0, 0.1) is 0 Å². The average Bonchev–Trinajstić information content (AvgIpc) is 3.67. The van der Waals surface area contributed by atoms with E-state index in [1.54, 1.807) is 24.3 Å². The average molecular weight is 729 g/mol. The number of nitrogens with one attached hydrogen (secondary N) is 1. The van der Waals surface area contributed by atoms with Gasteiger partial charge in [-0.15, -0.1) is 0 Å². The predicted octanol–water partition coefficient (Wildman–Crippen LogP) is 4.12. The maximum absolute atomic E-state index is 14.4. The molecule has 2 aliphatic heterocycles. The molecule has 3 N–H and O–H groups in total. The number of primary sulfonamides is 1. The number of rotatable bonds is 13. The smallest absolute Gasteiger partial charge is 0.267 e. The van der Waals surface area contributed by atoms with Gasteiger partial charge in [0.05, 0.1) is 37.1 Å². The SMILES string of the molecule is COc1ccc([C@@H](CCCNC(=O)c2ccc(S(N)(=O)=O)n2C)N2C(=O)c3cccc(N4CCN(C(C)c5ccccc5)CC4)c3C2=O)cc1OC. The van der Waals surface area contributed by atoms with E-state index < -0.39 is 22.0 Å². The molecule has 6 rings (SSSR count). The van der Waals surface area contributed by atoms with Crippen molar-refractivity contribution in [2.75, 3.05) is 51.8 Å². The van der Waals surface area contributed by atoms with E-state index in [4.69, 9.17) is 14.6 Å². The number of carbonyl (C=O) groups excluding carboxylic acids is 3. The van der Waals surface area contributed by atoms with Crippen LogP contribution in [0.5, 0.6) is 11.5 Å². The third-order valence-corrected chi connectivity index (χ3v) is 11.0. The van der Waals surface area contributed by atoms with Crippen LogP contribution in [0.15, 0.2) is 83.9 Å². The monoisotopic (exact) mass is 728 g/mol. The number of hydrogen-bond donors (Lipinski definition) is 2. The number of carbonyl (C=O) groups is 3. The van der Waals surface area contributed by atoms with Crippen LogP contribution in [0.1, 0.15) is 74.2 Å². The van der Waals surface area contributed by atoms with E-state index in [0.717, 1.165) is 18.8 Å². The van der Waals surface area contributed by atoms with E-state index in [0.29, 0.717) is 54.1 Å². The van der Waals surface area contributed by atoms with Gasteiger partial charge in [0.1, 0.15) is 5.69 Å². The van der Waals surface area contributed by atoms with Crippen LogP contribution >= 0.6 is 0 Å². The molecule has 0 spiro atoms. The number of anilines is 1. The second kappa shape index (κ2) is 15.2. The van der Waals surface area contributed by atoms with Crippen molar-refractivity contribution >= 4 is 33.4 Å². The number of aromatic nitrogens is 1. The number of methoxy groups -OCH3 is 2. The van der Waals surface area contributed by atoms with Crippen LogP contribution in [0.25, 0.3) is 0 Å². The Morgan fingerprint density at radius 3 is 2.23 bits per heavy atom. The first-order chi connectivity index (χ1) is 24.9. The molecule has 274 valence electrons. The van der Waals surface area contributed by atoms with Crippen molar-refractivity contribution in [3.8, 4) is 11.5 Å². The van der Waals surface area contributed by atoms with E-state index in [9.17, 15) is 22.8 Å². The molecule has 52 heavy (non-hydrogen) atoms. The van der Waals surface area contributed by atoms with Crippen LogP contribution < -0.4 is 24.8 Å². The zero-order chi connectivity index (χ0) is 37.2. The van der Waals surface area contributed by atoms with E-state index >= 15 is 0 Å². The molecular formula is C38H44N6O7S. The number of nitrogens with two attached hydrogens (primary N) is 1. The topological polar surface area (TPSA) is 157 Å². The molecule has 1 fully saturated rings. The summed E-state index contributed by atoms with van der Waals surface area (Å²) in [5.41, 5.74) is 3.54. The molecule has 0 saturated carbocycles. The highest BCUT2D eigenvalue weighted by Crippen LogP contribution is 2.40. The molecule has 3 amide bonds. The van der Waals surface area contributed by atoms with Crippen molar-refractivity contribution in [3.63, 3.8) is 0 Å². The quantitative estimate of drug-likeness (QED) is 0.153. The molecular weight excluding hydrogens is 685 g/mol. The lowest BCUT2D eigenvalue weighted by Crippen LogP contribution is -2.47. The summed E-state index contributed by atoms with van der Waals surface area (Å²) < 4.78 is 35.9. The minimum Gasteiger partial charge on any atom is -0.493 e. The molecule has 2 aliphatic rings. The van der Waals surface area contributed by atoms with Gasteiger partial charge in [-0.3, -0.25) is 24.2 Å². The molecule has 1 saturated heterocycles. The fraction of sp³-hybridized carbons (Fsp3) is 0.342. The van der Waals surface area contributed by atoms with Gasteiger partial charge in [0.2, 0.25) is 0 Å². The second-order valence-electron chi connectivity index (χ2n) is 13.0. The number of fused-ring (bicyclic) bond motifs is 1. The molecule has 2 atom stereocenters. The highest BCUT2D eigenvalue weighted by atomic mass is 32.2. The van der Waals surface area contributed by atoms with Crippen LogP contribution in [0.4, 0.5) is 5.69 Å². The molecule has 14 heteroatoms. The van der Waals surface area contributed by atoms with Gasteiger partial charge in [-0.1, -0.05) is 42.5 Å². The Morgan fingerprint density at radius 1 is 0.865 bits per heavy atom. The molecule has 0 aliphatic carbocycles. The van der Waals surface area contributed by atoms with E-state index in [1.165, 1.54) is 48.4 Å². The Labute approximate surface area is 303 Å². The number of hydrogen-bond acceptors (Lipinski definition) is 9. The normalized spacial score (nSPS) is 16.1. The lowest BCUT2D eigenvalue weighted by Gasteiger charge is -2.39. The first-order valence-corrected chi connectivity index (χ1v) is 18.7. The maximum atomic E-state index is 14.4. The fourth-order valence-corrected chi connectivity index (χ4v) is 7.96. The van der Waals surface area contributed by atoms with Crippen molar-refractivity contribution < 1.29 is 32.3 Å². The van der Waals surface area contributed by atoms with Crippen molar-refractivity contribution in [1.29, 1.82) is 0 Å². The van der Waals surface area contributed by atoms with Crippen LogP contribution in [0.3, 0.4) is 0 Å². The number of amides is 3. The summed E-state index contributed by atoms with van der Waals surface area (Å²) in [5.74, 6) is -0.291. The summed E-state index contributed by atoms with van der Waals surface area (Å²) in [6, 6.07) is 23.4. The summed E-state index contributed by atoms with van der Waals surface area (Å²) in [6.07, 6.45) is 0.710. The lowest BCUT2D eigenvalue weighted by molar-refractivity contribution is 0.0570. The van der Waals surface area contributed by atoms with Crippen LogP contribution in [-0.2, 0) is 17.1 Å². The number of sulfonamides is 1. The second-order valence-corrected chi connectivity index (χ2v) is 14.5. The summed E-state index contributed by atoms with van der Waals surface area (Å²) in [7, 11) is 0.495. The minimum absolute atomic E-state index is 0.128. The molecule has 13 nitrogen and oxygen atoms in total. The molecule has 1 aromatic heterocycles. The largest absolute Gasteiger partial charge is 0.493 e. The highest BCUT2D eigenvalue weighted by molar-refractivity contribution is 7.89. The van der Waals surface area contributed by atoms with E-state index in [1.807, 2.05) is 30.3 Å². The van der Waals surface area contributed by atoms with Crippen molar-refractivity contribution in [2.24, 2.45) is 12.2 Å². The fourth-order valence-electron chi connectivity index (χ4n) is 7.22. The van der Waals surface area contributed by atoms with Crippen LogP contribution in [-0.4, -0.2) is 87.4 Å².